The molecule has 4 nitrogen and oxygen atoms in total. The Balaban J connectivity index is 1.72. The van der Waals surface area contributed by atoms with Crippen molar-refractivity contribution in [2.24, 2.45) is 0 Å². The van der Waals surface area contributed by atoms with Gasteiger partial charge < -0.3 is 14.8 Å². The van der Waals surface area contributed by atoms with Crippen LogP contribution in [-0.2, 0) is 11.4 Å². The highest BCUT2D eigenvalue weighted by Crippen LogP contribution is 2.31. The zero-order valence-electron chi connectivity index (χ0n) is 10.6. The van der Waals surface area contributed by atoms with Crippen LogP contribution in [-0.4, -0.2) is 12.5 Å². The summed E-state index contributed by atoms with van der Waals surface area (Å²) < 4.78 is 23.9. The van der Waals surface area contributed by atoms with Crippen molar-refractivity contribution >= 4 is 11.6 Å². The summed E-state index contributed by atoms with van der Waals surface area (Å²) in [4.78, 5) is 11.2. The minimum Gasteiger partial charge on any atom is -0.489 e. The Morgan fingerprint density at radius 2 is 2.15 bits per heavy atom. The summed E-state index contributed by atoms with van der Waals surface area (Å²) in [6.45, 7) is 0.280. The molecule has 3 rings (SSSR count). The van der Waals surface area contributed by atoms with Crippen LogP contribution in [0.1, 0.15) is 5.56 Å². The Labute approximate surface area is 115 Å². The van der Waals surface area contributed by atoms with Crippen molar-refractivity contribution < 1.29 is 18.7 Å². The predicted octanol–water partition coefficient (Wildman–Crippen LogP) is 2.74. The van der Waals surface area contributed by atoms with E-state index in [1.165, 1.54) is 12.1 Å². The number of nitrogens with one attached hydrogen (secondary N) is 1. The maximum Gasteiger partial charge on any atom is 0.262 e. The van der Waals surface area contributed by atoms with Gasteiger partial charge in [-0.3, -0.25) is 4.79 Å². The summed E-state index contributed by atoms with van der Waals surface area (Å²) in [6.07, 6.45) is 0. The van der Waals surface area contributed by atoms with Crippen LogP contribution in [0.25, 0.3) is 0 Å². The van der Waals surface area contributed by atoms with Crippen LogP contribution in [0.3, 0.4) is 0 Å². The van der Waals surface area contributed by atoms with E-state index in [0.29, 0.717) is 17.2 Å². The number of amides is 1. The Morgan fingerprint density at radius 3 is 3.00 bits per heavy atom. The second-order valence-electron chi connectivity index (χ2n) is 4.41. The van der Waals surface area contributed by atoms with E-state index in [1.54, 1.807) is 30.3 Å². The Morgan fingerprint density at radius 1 is 1.25 bits per heavy atom. The van der Waals surface area contributed by atoms with Gasteiger partial charge in [-0.2, -0.15) is 0 Å². The molecule has 0 bridgehead atoms. The minimum atomic E-state index is -0.294. The standard InChI is InChI=1S/C15H12FNO3/c16-11-3-1-2-10(6-11)8-19-12-4-5-14-13(7-12)17-15(18)9-20-14/h1-7H,8-9H2,(H,17,18). The first-order valence-electron chi connectivity index (χ1n) is 6.15. The molecule has 5 heteroatoms. The van der Waals surface area contributed by atoms with E-state index in [0.717, 1.165) is 5.56 Å². The van der Waals surface area contributed by atoms with E-state index in [1.807, 2.05) is 0 Å². The third-order valence-electron chi connectivity index (χ3n) is 2.88. The summed E-state index contributed by atoms with van der Waals surface area (Å²) in [5, 5.41) is 2.70. The third-order valence-corrected chi connectivity index (χ3v) is 2.88. The van der Waals surface area contributed by atoms with Gasteiger partial charge in [0, 0.05) is 6.07 Å². The lowest BCUT2D eigenvalue weighted by Crippen LogP contribution is -2.25. The predicted molar refractivity (Wildman–Crippen MR) is 71.3 cm³/mol. The van der Waals surface area contributed by atoms with Gasteiger partial charge >= 0.3 is 0 Å². The van der Waals surface area contributed by atoms with Gasteiger partial charge in [-0.1, -0.05) is 12.1 Å². The van der Waals surface area contributed by atoms with Gasteiger partial charge in [-0.15, -0.1) is 0 Å². The first kappa shape index (κ1) is 12.5. The molecule has 0 saturated heterocycles. The molecule has 1 heterocycles. The van der Waals surface area contributed by atoms with Gasteiger partial charge in [0.05, 0.1) is 5.69 Å². The van der Waals surface area contributed by atoms with Crippen LogP contribution < -0.4 is 14.8 Å². The molecule has 20 heavy (non-hydrogen) atoms. The Kier molecular flexibility index (Phi) is 3.25. The molecule has 0 unspecified atom stereocenters. The van der Waals surface area contributed by atoms with Gasteiger partial charge in [0.15, 0.2) is 6.61 Å². The topological polar surface area (TPSA) is 47.6 Å². The zero-order valence-corrected chi connectivity index (χ0v) is 10.6. The molecule has 1 amide bonds. The van der Waals surface area contributed by atoms with Gasteiger partial charge in [0.25, 0.3) is 5.91 Å². The Hall–Kier alpha value is -2.56. The van der Waals surface area contributed by atoms with Crippen LogP contribution in [0.2, 0.25) is 0 Å². The number of hydrogen-bond donors (Lipinski definition) is 1. The number of rotatable bonds is 3. The number of halogens is 1. The highest BCUT2D eigenvalue weighted by atomic mass is 19.1. The van der Waals surface area contributed by atoms with Crippen molar-refractivity contribution in [3.63, 3.8) is 0 Å². The molecular formula is C15H12FNO3. The number of carbonyl (C=O) groups excluding carboxylic acids is 1. The average Bonchev–Trinajstić information content (AvgIpc) is 2.45. The summed E-state index contributed by atoms with van der Waals surface area (Å²) in [6, 6.07) is 11.4. The van der Waals surface area contributed by atoms with E-state index >= 15 is 0 Å². The molecule has 0 spiro atoms. The SMILES string of the molecule is O=C1COc2ccc(OCc3cccc(F)c3)cc2N1. The molecule has 0 aliphatic carbocycles. The number of carbonyl (C=O) groups is 1. The van der Waals surface area contributed by atoms with E-state index in [9.17, 15) is 9.18 Å². The highest BCUT2D eigenvalue weighted by Gasteiger charge is 2.16. The van der Waals surface area contributed by atoms with E-state index in [4.69, 9.17) is 9.47 Å². The zero-order chi connectivity index (χ0) is 13.9. The van der Waals surface area contributed by atoms with Crippen LogP contribution >= 0.6 is 0 Å². The highest BCUT2D eigenvalue weighted by molar-refractivity contribution is 5.95. The lowest BCUT2D eigenvalue weighted by atomic mass is 10.2. The molecule has 1 aliphatic rings. The second-order valence-corrected chi connectivity index (χ2v) is 4.41. The van der Waals surface area contributed by atoms with Crippen molar-refractivity contribution in [1.29, 1.82) is 0 Å². The lowest BCUT2D eigenvalue weighted by Gasteiger charge is -2.18. The largest absolute Gasteiger partial charge is 0.489 e. The third kappa shape index (κ3) is 2.71. The fourth-order valence-corrected chi connectivity index (χ4v) is 1.95. The Bertz CT molecular complexity index is 657. The molecule has 2 aromatic carbocycles. The number of benzene rings is 2. The molecule has 0 aromatic heterocycles. The quantitative estimate of drug-likeness (QED) is 0.935. The van der Waals surface area contributed by atoms with Crippen LogP contribution in [0.5, 0.6) is 11.5 Å². The van der Waals surface area contributed by atoms with E-state index in [-0.39, 0.29) is 24.9 Å². The fourth-order valence-electron chi connectivity index (χ4n) is 1.95. The maximum absolute atomic E-state index is 13.0. The molecule has 0 saturated carbocycles. The lowest BCUT2D eigenvalue weighted by molar-refractivity contribution is -0.118. The molecule has 1 aliphatic heterocycles. The van der Waals surface area contributed by atoms with Gasteiger partial charge in [0.1, 0.15) is 23.9 Å². The molecule has 0 atom stereocenters. The first-order chi connectivity index (χ1) is 9.70. The normalized spacial score (nSPS) is 13.2. The van der Waals surface area contributed by atoms with Crippen molar-refractivity contribution in [2.45, 2.75) is 6.61 Å². The molecule has 102 valence electrons. The van der Waals surface area contributed by atoms with Crippen molar-refractivity contribution in [2.75, 3.05) is 11.9 Å². The molecule has 1 N–H and O–H groups in total. The van der Waals surface area contributed by atoms with Crippen LogP contribution in [0.4, 0.5) is 10.1 Å². The summed E-state index contributed by atoms with van der Waals surface area (Å²) >= 11 is 0. The van der Waals surface area contributed by atoms with Crippen molar-refractivity contribution in [3.8, 4) is 11.5 Å². The average molecular weight is 273 g/mol. The molecule has 0 fully saturated rings. The monoisotopic (exact) mass is 273 g/mol. The fraction of sp³-hybridized carbons (Fsp3) is 0.133. The summed E-state index contributed by atoms with van der Waals surface area (Å²) in [5.41, 5.74) is 1.32. The van der Waals surface area contributed by atoms with E-state index < -0.39 is 0 Å². The summed E-state index contributed by atoms with van der Waals surface area (Å²) in [7, 11) is 0. The molecular weight excluding hydrogens is 261 g/mol. The maximum atomic E-state index is 13.0. The van der Waals surface area contributed by atoms with Crippen molar-refractivity contribution in [1.82, 2.24) is 0 Å². The van der Waals surface area contributed by atoms with Crippen LogP contribution in [0, 0.1) is 5.82 Å². The molecule has 0 radical (unpaired) electrons. The first-order valence-corrected chi connectivity index (χ1v) is 6.15. The van der Waals surface area contributed by atoms with Crippen molar-refractivity contribution in [3.05, 3.63) is 53.8 Å². The number of hydrogen-bond acceptors (Lipinski definition) is 3. The number of fused-ring (bicyclic) bond motifs is 1. The van der Waals surface area contributed by atoms with Crippen LogP contribution in [0.15, 0.2) is 42.5 Å². The van der Waals surface area contributed by atoms with E-state index in [2.05, 4.69) is 5.32 Å². The number of ether oxygens (including phenoxy) is 2. The minimum absolute atomic E-state index is 0.0243. The van der Waals surface area contributed by atoms with Gasteiger partial charge in [0.2, 0.25) is 0 Å². The smallest absolute Gasteiger partial charge is 0.262 e. The second kappa shape index (κ2) is 5.21. The molecule has 2 aromatic rings. The number of anilines is 1. The van der Waals surface area contributed by atoms with Gasteiger partial charge in [-0.05, 0) is 29.8 Å². The van der Waals surface area contributed by atoms with Gasteiger partial charge in [-0.25, -0.2) is 4.39 Å². The summed E-state index contributed by atoms with van der Waals surface area (Å²) in [5.74, 6) is 0.707.